The molecule has 1 aromatic carbocycles. The number of nitrogens with one attached hydrogen (secondary N) is 1. The molecule has 0 amide bonds. The summed E-state index contributed by atoms with van der Waals surface area (Å²) in [7, 11) is 0. The zero-order valence-corrected chi connectivity index (χ0v) is 10.8. The van der Waals surface area contributed by atoms with Gasteiger partial charge in [0.1, 0.15) is 5.25 Å². The van der Waals surface area contributed by atoms with E-state index in [1.165, 1.54) is 0 Å². The summed E-state index contributed by atoms with van der Waals surface area (Å²) >= 11 is 7.43. The predicted octanol–water partition coefficient (Wildman–Crippen LogP) is 2.86. The molecule has 2 aromatic rings. The van der Waals surface area contributed by atoms with Crippen molar-refractivity contribution in [2.45, 2.75) is 11.7 Å². The predicted molar refractivity (Wildman–Crippen MR) is 70.1 cm³/mol. The van der Waals surface area contributed by atoms with Crippen LogP contribution in [0.3, 0.4) is 0 Å². The minimum Gasteiger partial charge on any atom is -0.480 e. The van der Waals surface area contributed by atoms with Crippen molar-refractivity contribution < 1.29 is 9.90 Å². The second-order valence-corrected chi connectivity index (χ2v) is 5.10. The maximum absolute atomic E-state index is 10.7. The molecular formula is C11H10BrNO2S. The maximum Gasteiger partial charge on any atom is 0.316 e. The zero-order valence-electron chi connectivity index (χ0n) is 8.27. The van der Waals surface area contributed by atoms with Crippen LogP contribution in [0, 0.1) is 0 Å². The van der Waals surface area contributed by atoms with Crippen molar-refractivity contribution in [2.24, 2.45) is 0 Å². The van der Waals surface area contributed by atoms with Gasteiger partial charge in [-0.05, 0) is 30.2 Å². The van der Waals surface area contributed by atoms with Crippen LogP contribution >= 0.6 is 28.6 Å². The SMILES string of the molecule is O=C(O)C(S)Cc1c[nH]c2ccc(Br)cc12. The first kappa shape index (κ1) is 11.5. The fraction of sp³-hybridized carbons (Fsp3) is 0.182. The Morgan fingerprint density at radius 2 is 2.31 bits per heavy atom. The summed E-state index contributed by atoms with van der Waals surface area (Å²) < 4.78 is 0.979. The van der Waals surface area contributed by atoms with Gasteiger partial charge in [-0.3, -0.25) is 4.79 Å². The van der Waals surface area contributed by atoms with E-state index in [1.807, 2.05) is 24.4 Å². The first-order valence-electron chi connectivity index (χ1n) is 4.74. The number of aromatic nitrogens is 1. The van der Waals surface area contributed by atoms with Gasteiger partial charge in [0.05, 0.1) is 0 Å². The van der Waals surface area contributed by atoms with E-state index in [0.717, 1.165) is 20.9 Å². The Kier molecular flexibility index (Phi) is 3.25. The molecule has 2 rings (SSSR count). The summed E-state index contributed by atoms with van der Waals surface area (Å²) in [6.45, 7) is 0. The van der Waals surface area contributed by atoms with E-state index in [0.29, 0.717) is 6.42 Å². The van der Waals surface area contributed by atoms with Gasteiger partial charge >= 0.3 is 5.97 Å². The lowest BCUT2D eigenvalue weighted by Gasteiger charge is -2.03. The summed E-state index contributed by atoms with van der Waals surface area (Å²) in [6, 6.07) is 5.87. The number of carbonyl (C=O) groups is 1. The summed E-state index contributed by atoms with van der Waals surface area (Å²) in [5.74, 6) is -0.896. The van der Waals surface area contributed by atoms with Gasteiger partial charge in [-0.2, -0.15) is 12.6 Å². The minimum atomic E-state index is -0.896. The van der Waals surface area contributed by atoms with E-state index >= 15 is 0 Å². The Morgan fingerprint density at radius 1 is 1.56 bits per heavy atom. The molecule has 0 spiro atoms. The van der Waals surface area contributed by atoms with E-state index in [-0.39, 0.29) is 0 Å². The quantitative estimate of drug-likeness (QED) is 0.763. The number of benzene rings is 1. The molecule has 0 fully saturated rings. The first-order valence-corrected chi connectivity index (χ1v) is 6.05. The molecule has 3 nitrogen and oxygen atoms in total. The molecule has 0 radical (unpaired) electrons. The molecule has 5 heteroatoms. The third-order valence-corrected chi connectivity index (χ3v) is 3.32. The second kappa shape index (κ2) is 4.51. The molecule has 0 saturated carbocycles. The summed E-state index contributed by atoms with van der Waals surface area (Å²) in [6.07, 6.45) is 2.25. The number of hydrogen-bond donors (Lipinski definition) is 3. The molecule has 16 heavy (non-hydrogen) atoms. The van der Waals surface area contributed by atoms with Crippen molar-refractivity contribution in [1.82, 2.24) is 4.98 Å². The Balaban J connectivity index is 2.37. The van der Waals surface area contributed by atoms with Gasteiger partial charge in [0.15, 0.2) is 0 Å². The van der Waals surface area contributed by atoms with E-state index in [2.05, 4.69) is 33.5 Å². The Bertz CT molecular complexity index is 538. The number of fused-ring (bicyclic) bond motifs is 1. The van der Waals surface area contributed by atoms with Gasteiger partial charge in [-0.15, -0.1) is 0 Å². The lowest BCUT2D eigenvalue weighted by molar-refractivity contribution is -0.136. The molecule has 0 aliphatic rings. The Hall–Kier alpha value is -0.940. The summed E-state index contributed by atoms with van der Waals surface area (Å²) in [4.78, 5) is 13.8. The molecule has 1 aromatic heterocycles. The van der Waals surface area contributed by atoms with Crippen molar-refractivity contribution in [3.05, 3.63) is 34.4 Å². The van der Waals surface area contributed by atoms with Crippen LogP contribution in [-0.2, 0) is 11.2 Å². The molecule has 1 atom stereocenters. The molecule has 2 N–H and O–H groups in total. The average Bonchev–Trinajstić information content (AvgIpc) is 2.61. The molecule has 0 saturated heterocycles. The van der Waals surface area contributed by atoms with E-state index in [1.54, 1.807) is 0 Å². The number of thiol groups is 1. The fourth-order valence-electron chi connectivity index (χ4n) is 1.62. The molecule has 0 aliphatic heterocycles. The summed E-state index contributed by atoms with van der Waals surface area (Å²) in [5, 5.41) is 9.18. The molecule has 1 heterocycles. The van der Waals surface area contributed by atoms with E-state index in [9.17, 15) is 4.79 Å². The van der Waals surface area contributed by atoms with Gasteiger partial charge in [0.2, 0.25) is 0 Å². The van der Waals surface area contributed by atoms with Crippen molar-refractivity contribution in [1.29, 1.82) is 0 Å². The van der Waals surface area contributed by atoms with E-state index < -0.39 is 11.2 Å². The van der Waals surface area contributed by atoms with Gasteiger partial charge in [-0.25, -0.2) is 0 Å². The fourth-order valence-corrected chi connectivity index (χ4v) is 2.17. The number of aliphatic carboxylic acids is 1. The molecule has 0 aliphatic carbocycles. The topological polar surface area (TPSA) is 53.1 Å². The Morgan fingerprint density at radius 3 is 3.00 bits per heavy atom. The average molecular weight is 300 g/mol. The number of H-pyrrole nitrogens is 1. The monoisotopic (exact) mass is 299 g/mol. The number of carboxylic acid groups (broad SMARTS) is 1. The van der Waals surface area contributed by atoms with Crippen LogP contribution in [0.2, 0.25) is 0 Å². The van der Waals surface area contributed by atoms with Crippen LogP contribution in [0.4, 0.5) is 0 Å². The van der Waals surface area contributed by atoms with Crippen LogP contribution in [0.15, 0.2) is 28.9 Å². The van der Waals surface area contributed by atoms with Gasteiger partial charge in [0.25, 0.3) is 0 Å². The van der Waals surface area contributed by atoms with Gasteiger partial charge < -0.3 is 10.1 Å². The van der Waals surface area contributed by atoms with Crippen LogP contribution < -0.4 is 0 Å². The standard InChI is InChI=1S/C11H10BrNO2S/c12-7-1-2-9-8(4-7)6(5-13-9)3-10(16)11(14)15/h1-2,4-5,10,13,16H,3H2,(H,14,15). The number of rotatable bonds is 3. The zero-order chi connectivity index (χ0) is 11.7. The molecule has 0 bridgehead atoms. The minimum absolute atomic E-state index is 0.412. The number of aromatic amines is 1. The van der Waals surface area contributed by atoms with Gasteiger partial charge in [0, 0.05) is 21.6 Å². The van der Waals surface area contributed by atoms with E-state index in [4.69, 9.17) is 5.11 Å². The lowest BCUT2D eigenvalue weighted by Crippen LogP contribution is -2.15. The van der Waals surface area contributed by atoms with Crippen molar-refractivity contribution in [3.8, 4) is 0 Å². The first-order chi connectivity index (χ1) is 7.58. The van der Waals surface area contributed by atoms with Crippen LogP contribution in [0.25, 0.3) is 10.9 Å². The van der Waals surface area contributed by atoms with Crippen LogP contribution in [-0.4, -0.2) is 21.3 Å². The van der Waals surface area contributed by atoms with Crippen LogP contribution in [0.1, 0.15) is 5.56 Å². The van der Waals surface area contributed by atoms with Crippen LogP contribution in [0.5, 0.6) is 0 Å². The highest BCUT2D eigenvalue weighted by Gasteiger charge is 2.15. The highest BCUT2D eigenvalue weighted by Crippen LogP contribution is 2.24. The molecule has 84 valence electrons. The number of hydrogen-bond acceptors (Lipinski definition) is 2. The number of halogens is 1. The maximum atomic E-state index is 10.7. The smallest absolute Gasteiger partial charge is 0.316 e. The van der Waals surface area contributed by atoms with Crippen molar-refractivity contribution in [3.63, 3.8) is 0 Å². The highest BCUT2D eigenvalue weighted by atomic mass is 79.9. The van der Waals surface area contributed by atoms with Crippen molar-refractivity contribution in [2.75, 3.05) is 0 Å². The summed E-state index contributed by atoms with van der Waals surface area (Å²) in [5.41, 5.74) is 1.97. The highest BCUT2D eigenvalue weighted by molar-refractivity contribution is 9.10. The lowest BCUT2D eigenvalue weighted by atomic mass is 10.1. The number of carboxylic acids is 1. The molecular weight excluding hydrogens is 290 g/mol. The second-order valence-electron chi connectivity index (χ2n) is 3.56. The largest absolute Gasteiger partial charge is 0.480 e. The third kappa shape index (κ3) is 2.25. The Labute approximate surface area is 106 Å². The van der Waals surface area contributed by atoms with Gasteiger partial charge in [-0.1, -0.05) is 15.9 Å². The third-order valence-electron chi connectivity index (χ3n) is 2.43. The van der Waals surface area contributed by atoms with Crippen molar-refractivity contribution >= 4 is 45.4 Å². The molecule has 1 unspecified atom stereocenters. The normalized spacial score (nSPS) is 12.9.